The number of hydrogen-bond acceptors (Lipinski definition) is 6. The van der Waals surface area contributed by atoms with Crippen LogP contribution in [-0.4, -0.2) is 52.6 Å². The molecule has 3 fully saturated rings. The molecular formula is C14H24O4S2. The van der Waals surface area contributed by atoms with Gasteiger partial charge >= 0.3 is 0 Å². The summed E-state index contributed by atoms with van der Waals surface area (Å²) in [7, 11) is 0. The molecule has 3 rings (SSSR count). The Morgan fingerprint density at radius 1 is 0.850 bits per heavy atom. The van der Waals surface area contributed by atoms with E-state index in [4.69, 9.17) is 18.9 Å². The molecule has 4 nitrogen and oxygen atoms in total. The monoisotopic (exact) mass is 320 g/mol. The molecular weight excluding hydrogens is 296 g/mol. The lowest BCUT2D eigenvalue weighted by Crippen LogP contribution is -2.45. The van der Waals surface area contributed by atoms with Gasteiger partial charge in [0, 0.05) is 0 Å². The molecule has 3 aliphatic heterocycles. The van der Waals surface area contributed by atoms with Gasteiger partial charge in [0.05, 0.1) is 11.2 Å². The van der Waals surface area contributed by atoms with E-state index in [1.165, 1.54) is 17.9 Å². The molecule has 0 bridgehead atoms. The first kappa shape index (κ1) is 15.4. The number of thioether (sulfide) groups is 2. The van der Waals surface area contributed by atoms with Crippen molar-refractivity contribution in [2.75, 3.05) is 18.1 Å². The molecule has 0 amide bonds. The van der Waals surface area contributed by atoms with Crippen LogP contribution >= 0.6 is 23.5 Å². The first-order valence-corrected chi connectivity index (χ1v) is 9.37. The van der Waals surface area contributed by atoms with Crippen LogP contribution in [0.25, 0.3) is 0 Å². The first-order valence-electron chi connectivity index (χ1n) is 7.27. The zero-order valence-corrected chi connectivity index (χ0v) is 14.2. The van der Waals surface area contributed by atoms with Crippen LogP contribution in [0.4, 0.5) is 0 Å². The summed E-state index contributed by atoms with van der Waals surface area (Å²) in [5.41, 5.74) is 0. The van der Waals surface area contributed by atoms with Gasteiger partial charge in [-0.05, 0) is 45.6 Å². The highest BCUT2D eigenvalue weighted by Gasteiger charge is 2.52. The topological polar surface area (TPSA) is 36.9 Å². The van der Waals surface area contributed by atoms with Crippen LogP contribution in [-0.2, 0) is 18.9 Å². The van der Waals surface area contributed by atoms with E-state index < -0.39 is 11.6 Å². The Labute approximate surface area is 129 Å². The third kappa shape index (κ3) is 3.31. The van der Waals surface area contributed by atoms with E-state index in [-0.39, 0.29) is 18.3 Å². The molecule has 0 aromatic heterocycles. The molecule has 0 aliphatic carbocycles. The second-order valence-electron chi connectivity index (χ2n) is 6.40. The van der Waals surface area contributed by atoms with Gasteiger partial charge in [0.2, 0.25) is 0 Å². The molecule has 3 saturated heterocycles. The Morgan fingerprint density at radius 3 is 2.20 bits per heavy atom. The maximum Gasteiger partial charge on any atom is 0.164 e. The molecule has 6 heteroatoms. The summed E-state index contributed by atoms with van der Waals surface area (Å²) in [6.07, 6.45) is 1.19. The average Bonchev–Trinajstić information content (AvgIpc) is 2.64. The molecule has 0 N–H and O–H groups in total. The quantitative estimate of drug-likeness (QED) is 0.739. The Balaban J connectivity index is 1.82. The molecule has 0 radical (unpaired) electrons. The van der Waals surface area contributed by atoms with Crippen molar-refractivity contribution in [3.63, 3.8) is 0 Å². The van der Waals surface area contributed by atoms with E-state index in [9.17, 15) is 0 Å². The van der Waals surface area contributed by atoms with Gasteiger partial charge in [0.15, 0.2) is 11.6 Å². The summed E-state index contributed by atoms with van der Waals surface area (Å²) in [6, 6.07) is 0. The van der Waals surface area contributed by atoms with Crippen LogP contribution in [0.5, 0.6) is 0 Å². The Morgan fingerprint density at radius 2 is 1.50 bits per heavy atom. The minimum absolute atomic E-state index is 0.00887. The summed E-state index contributed by atoms with van der Waals surface area (Å²) >= 11 is 3.95. The van der Waals surface area contributed by atoms with Crippen molar-refractivity contribution in [2.24, 2.45) is 0 Å². The zero-order valence-electron chi connectivity index (χ0n) is 12.6. The molecule has 0 aromatic rings. The standard InChI is InChI=1S/C14H24O4S2/c1-13(2)15-8-9-10(17-14(3,4)16-9)11(18-13)12-19-6-5-7-20-12/h9-12H,5-8H2,1-4H3/t9-,10-,11+/m1/s1. The number of rotatable bonds is 1. The summed E-state index contributed by atoms with van der Waals surface area (Å²) in [6.45, 7) is 8.41. The second kappa shape index (κ2) is 5.63. The predicted octanol–water partition coefficient (Wildman–Crippen LogP) is 2.85. The minimum Gasteiger partial charge on any atom is -0.348 e. The number of fused-ring (bicyclic) bond motifs is 1. The molecule has 116 valence electrons. The molecule has 0 saturated carbocycles. The van der Waals surface area contributed by atoms with Crippen molar-refractivity contribution in [3.05, 3.63) is 0 Å². The van der Waals surface area contributed by atoms with Gasteiger partial charge in [-0.25, -0.2) is 0 Å². The van der Waals surface area contributed by atoms with Gasteiger partial charge in [-0.15, -0.1) is 23.5 Å². The maximum atomic E-state index is 6.28. The highest BCUT2D eigenvalue weighted by Crippen LogP contribution is 2.43. The van der Waals surface area contributed by atoms with Gasteiger partial charge in [0.25, 0.3) is 0 Å². The normalized spacial score (nSPS) is 41.1. The van der Waals surface area contributed by atoms with Gasteiger partial charge < -0.3 is 18.9 Å². The lowest BCUT2D eigenvalue weighted by atomic mass is 10.1. The van der Waals surface area contributed by atoms with Crippen molar-refractivity contribution >= 4 is 23.5 Å². The lowest BCUT2D eigenvalue weighted by Gasteiger charge is -2.36. The summed E-state index contributed by atoms with van der Waals surface area (Å²) in [4.78, 5) is 0. The Kier molecular flexibility index (Phi) is 4.35. The van der Waals surface area contributed by atoms with Crippen LogP contribution < -0.4 is 0 Å². The molecule has 0 unspecified atom stereocenters. The molecule has 0 spiro atoms. The molecule has 3 atom stereocenters. The van der Waals surface area contributed by atoms with Crippen LogP contribution in [0.15, 0.2) is 0 Å². The van der Waals surface area contributed by atoms with Crippen molar-refractivity contribution in [3.8, 4) is 0 Å². The van der Waals surface area contributed by atoms with Gasteiger partial charge in [-0.1, -0.05) is 0 Å². The maximum absolute atomic E-state index is 6.28. The van der Waals surface area contributed by atoms with E-state index in [0.717, 1.165) is 0 Å². The van der Waals surface area contributed by atoms with Crippen LogP contribution in [0.3, 0.4) is 0 Å². The summed E-state index contributed by atoms with van der Waals surface area (Å²) in [5, 5.41) is 0. The predicted molar refractivity (Wildman–Crippen MR) is 82.1 cm³/mol. The van der Waals surface area contributed by atoms with E-state index >= 15 is 0 Å². The fraction of sp³-hybridized carbons (Fsp3) is 1.00. The summed E-state index contributed by atoms with van der Waals surface area (Å²) in [5.74, 6) is 1.26. The SMILES string of the molecule is CC1(C)OC[C@H]2OC(C)(C)O[C@H]2[C@@H](C2SCCCS2)O1. The number of ether oxygens (including phenoxy) is 4. The molecule has 0 aromatic carbocycles. The molecule has 3 aliphatic rings. The third-order valence-corrected chi connectivity index (χ3v) is 6.74. The lowest BCUT2D eigenvalue weighted by molar-refractivity contribution is -0.251. The van der Waals surface area contributed by atoms with Crippen molar-refractivity contribution < 1.29 is 18.9 Å². The Bertz CT molecular complexity index is 355. The first-order chi connectivity index (χ1) is 9.36. The average molecular weight is 320 g/mol. The molecule has 20 heavy (non-hydrogen) atoms. The third-order valence-electron chi connectivity index (χ3n) is 3.68. The zero-order chi connectivity index (χ0) is 14.4. The van der Waals surface area contributed by atoms with E-state index in [0.29, 0.717) is 11.2 Å². The van der Waals surface area contributed by atoms with E-state index in [1.807, 2.05) is 51.2 Å². The molecule has 3 heterocycles. The fourth-order valence-corrected chi connectivity index (χ4v) is 5.92. The Hall–Kier alpha value is 0.540. The van der Waals surface area contributed by atoms with Gasteiger partial charge in [-0.2, -0.15) is 0 Å². The van der Waals surface area contributed by atoms with E-state index in [2.05, 4.69) is 0 Å². The second-order valence-corrected chi connectivity index (χ2v) is 9.19. The smallest absolute Gasteiger partial charge is 0.164 e. The highest BCUT2D eigenvalue weighted by atomic mass is 32.2. The minimum atomic E-state index is -0.579. The van der Waals surface area contributed by atoms with Crippen molar-refractivity contribution in [1.29, 1.82) is 0 Å². The largest absolute Gasteiger partial charge is 0.348 e. The van der Waals surface area contributed by atoms with Crippen LogP contribution in [0, 0.1) is 0 Å². The van der Waals surface area contributed by atoms with Crippen molar-refractivity contribution in [1.82, 2.24) is 0 Å². The van der Waals surface area contributed by atoms with Crippen LogP contribution in [0.1, 0.15) is 34.1 Å². The van der Waals surface area contributed by atoms with Gasteiger partial charge in [-0.3, -0.25) is 0 Å². The van der Waals surface area contributed by atoms with Crippen LogP contribution in [0.2, 0.25) is 0 Å². The van der Waals surface area contributed by atoms with Gasteiger partial charge in [0.1, 0.15) is 18.3 Å². The highest BCUT2D eigenvalue weighted by molar-refractivity contribution is 8.17. The number of hydrogen-bond donors (Lipinski definition) is 0. The summed E-state index contributed by atoms with van der Waals surface area (Å²) < 4.78 is 24.7. The fourth-order valence-electron chi connectivity index (χ4n) is 2.89. The van der Waals surface area contributed by atoms with Crippen molar-refractivity contribution in [2.45, 2.75) is 68.6 Å². The van der Waals surface area contributed by atoms with E-state index in [1.54, 1.807) is 0 Å².